The number of ether oxygens (including phenoxy) is 1. The lowest BCUT2D eigenvalue weighted by Crippen LogP contribution is -2.09. The third-order valence-electron chi connectivity index (χ3n) is 2.43. The van der Waals surface area contributed by atoms with E-state index >= 15 is 0 Å². The van der Waals surface area contributed by atoms with Gasteiger partial charge in [-0.25, -0.2) is 4.39 Å². The first-order chi connectivity index (χ1) is 9.45. The van der Waals surface area contributed by atoms with Crippen molar-refractivity contribution >= 4 is 33.1 Å². The summed E-state index contributed by atoms with van der Waals surface area (Å²) in [6.07, 6.45) is -0.0375. The Labute approximate surface area is 125 Å². The minimum atomic E-state index is -0.371. The number of nitrogens with zero attached hydrogens (tertiary/aromatic N) is 1. The summed E-state index contributed by atoms with van der Waals surface area (Å²) < 4.78 is 19.9. The molecule has 3 N–H and O–H groups in total. The average Bonchev–Trinajstić information content (AvgIpc) is 2.36. The summed E-state index contributed by atoms with van der Waals surface area (Å²) in [4.78, 5) is 4.23. The summed E-state index contributed by atoms with van der Waals surface area (Å²) >= 11 is 3.21. The Bertz CT molecular complexity index is 619. The summed E-state index contributed by atoms with van der Waals surface area (Å²) in [5.41, 5.74) is 6.56. The number of halogens is 2. The van der Waals surface area contributed by atoms with Gasteiger partial charge in [-0.15, -0.1) is 0 Å². The molecule has 0 aliphatic carbocycles. The molecular weight excluding hydrogens is 325 g/mol. The molecule has 2 rings (SSSR count). The quantitative estimate of drug-likeness (QED) is 0.880. The summed E-state index contributed by atoms with van der Waals surface area (Å²) in [6, 6.07) is 8.09. The summed E-state index contributed by atoms with van der Waals surface area (Å²) in [6.45, 7) is 3.77. The monoisotopic (exact) mass is 339 g/mol. The first kappa shape index (κ1) is 14.6. The van der Waals surface area contributed by atoms with Crippen LogP contribution in [0.3, 0.4) is 0 Å². The van der Waals surface area contributed by atoms with Gasteiger partial charge in [0.2, 0.25) is 5.88 Å². The van der Waals surface area contributed by atoms with Gasteiger partial charge in [0.25, 0.3) is 0 Å². The van der Waals surface area contributed by atoms with E-state index in [1.165, 1.54) is 6.07 Å². The topological polar surface area (TPSA) is 60.2 Å². The number of nitrogens with one attached hydrogen (secondary N) is 1. The van der Waals surface area contributed by atoms with Gasteiger partial charge < -0.3 is 15.8 Å². The second-order valence-electron chi connectivity index (χ2n) is 4.51. The number of hydrogen-bond acceptors (Lipinski definition) is 4. The van der Waals surface area contributed by atoms with Crippen LogP contribution in [-0.2, 0) is 0 Å². The van der Waals surface area contributed by atoms with Gasteiger partial charge >= 0.3 is 0 Å². The number of rotatable bonds is 4. The first-order valence-electron chi connectivity index (χ1n) is 6.11. The molecule has 0 fully saturated rings. The second-order valence-corrected chi connectivity index (χ2v) is 5.42. The van der Waals surface area contributed by atoms with Gasteiger partial charge in [-0.2, -0.15) is 4.98 Å². The zero-order valence-electron chi connectivity index (χ0n) is 11.2. The van der Waals surface area contributed by atoms with E-state index in [0.29, 0.717) is 27.5 Å². The smallest absolute Gasteiger partial charge is 0.239 e. The fourth-order valence-corrected chi connectivity index (χ4v) is 1.90. The van der Waals surface area contributed by atoms with E-state index in [9.17, 15) is 4.39 Å². The van der Waals surface area contributed by atoms with Crippen LogP contribution in [0.5, 0.6) is 5.88 Å². The van der Waals surface area contributed by atoms with Crippen molar-refractivity contribution in [2.45, 2.75) is 20.0 Å². The minimum absolute atomic E-state index is 0.0375. The van der Waals surface area contributed by atoms with E-state index in [0.717, 1.165) is 0 Å². The number of nitrogen functional groups attached to an aromatic ring is 1. The number of nitrogens with two attached hydrogens (primary N) is 1. The Balaban J connectivity index is 2.25. The molecule has 0 spiro atoms. The van der Waals surface area contributed by atoms with E-state index in [4.69, 9.17) is 10.5 Å². The molecule has 4 nitrogen and oxygen atoms in total. The van der Waals surface area contributed by atoms with Crippen LogP contribution in [0.25, 0.3) is 0 Å². The van der Waals surface area contributed by atoms with Crippen LogP contribution in [0.15, 0.2) is 34.8 Å². The van der Waals surface area contributed by atoms with Gasteiger partial charge in [0.15, 0.2) is 0 Å². The lowest BCUT2D eigenvalue weighted by molar-refractivity contribution is 0.234. The lowest BCUT2D eigenvalue weighted by Gasteiger charge is -2.13. The molecule has 0 bridgehead atoms. The number of pyridine rings is 1. The highest BCUT2D eigenvalue weighted by molar-refractivity contribution is 9.10. The molecule has 1 aromatic heterocycles. The maximum atomic E-state index is 13.7. The highest BCUT2D eigenvalue weighted by Gasteiger charge is 2.08. The van der Waals surface area contributed by atoms with Crippen LogP contribution < -0.4 is 15.8 Å². The molecule has 0 saturated heterocycles. The van der Waals surface area contributed by atoms with Gasteiger partial charge in [-0.05, 0) is 44.2 Å². The second kappa shape index (κ2) is 6.09. The predicted octanol–water partition coefficient (Wildman–Crippen LogP) is 4.10. The summed E-state index contributed by atoms with van der Waals surface area (Å²) in [5, 5.41) is 2.90. The Hall–Kier alpha value is -1.82. The summed E-state index contributed by atoms with van der Waals surface area (Å²) in [5.74, 6) is 0.433. The maximum absolute atomic E-state index is 13.7. The van der Waals surface area contributed by atoms with Crippen LogP contribution in [0, 0.1) is 5.82 Å². The molecule has 0 aliphatic heterocycles. The number of aromatic nitrogens is 1. The molecule has 0 atom stereocenters. The molecule has 0 radical (unpaired) electrons. The van der Waals surface area contributed by atoms with Crippen molar-refractivity contribution in [2.75, 3.05) is 11.1 Å². The van der Waals surface area contributed by atoms with Crippen molar-refractivity contribution in [1.29, 1.82) is 0 Å². The van der Waals surface area contributed by atoms with Crippen LogP contribution in [0.4, 0.5) is 21.6 Å². The molecule has 6 heteroatoms. The fraction of sp³-hybridized carbons (Fsp3) is 0.214. The standard InChI is InChI=1S/C14H15BrFN3O/c1-8(2)20-14-11(17)4-6-13(19-14)18-12-5-3-9(15)7-10(12)16/h3-8H,17H2,1-2H3,(H,18,19). The van der Waals surface area contributed by atoms with Crippen LogP contribution in [-0.4, -0.2) is 11.1 Å². The van der Waals surface area contributed by atoms with E-state index < -0.39 is 0 Å². The van der Waals surface area contributed by atoms with Crippen LogP contribution in [0.1, 0.15) is 13.8 Å². The zero-order valence-corrected chi connectivity index (χ0v) is 12.7. The molecular formula is C14H15BrFN3O. The summed E-state index contributed by atoms with van der Waals surface area (Å²) in [7, 11) is 0. The van der Waals surface area contributed by atoms with Gasteiger partial charge in [0, 0.05) is 4.47 Å². The first-order valence-corrected chi connectivity index (χ1v) is 6.90. The van der Waals surface area contributed by atoms with Crippen LogP contribution in [0.2, 0.25) is 0 Å². The van der Waals surface area contributed by atoms with E-state index in [-0.39, 0.29) is 11.9 Å². The van der Waals surface area contributed by atoms with Gasteiger partial charge in [-0.3, -0.25) is 0 Å². The third kappa shape index (κ3) is 3.60. The van der Waals surface area contributed by atoms with E-state index in [1.807, 2.05) is 13.8 Å². The molecule has 0 amide bonds. The Morgan fingerprint density at radius 3 is 2.70 bits per heavy atom. The molecule has 0 saturated carbocycles. The normalized spacial score (nSPS) is 10.7. The van der Waals surface area contributed by atoms with Crippen molar-refractivity contribution in [2.24, 2.45) is 0 Å². The molecule has 0 unspecified atom stereocenters. The lowest BCUT2D eigenvalue weighted by atomic mass is 10.3. The molecule has 1 heterocycles. The fourth-order valence-electron chi connectivity index (χ4n) is 1.57. The van der Waals surface area contributed by atoms with Gasteiger partial charge in [0.05, 0.1) is 17.5 Å². The molecule has 1 aromatic carbocycles. The number of benzene rings is 1. The van der Waals surface area contributed by atoms with Crippen LogP contribution >= 0.6 is 15.9 Å². The molecule has 106 valence electrons. The maximum Gasteiger partial charge on any atom is 0.239 e. The van der Waals surface area contributed by atoms with Gasteiger partial charge in [0.1, 0.15) is 11.6 Å². The van der Waals surface area contributed by atoms with E-state index in [1.54, 1.807) is 24.3 Å². The Morgan fingerprint density at radius 2 is 2.05 bits per heavy atom. The highest BCUT2D eigenvalue weighted by atomic mass is 79.9. The zero-order chi connectivity index (χ0) is 14.7. The Kier molecular flexibility index (Phi) is 4.44. The largest absolute Gasteiger partial charge is 0.473 e. The SMILES string of the molecule is CC(C)Oc1nc(Nc2ccc(Br)cc2F)ccc1N. The van der Waals surface area contributed by atoms with E-state index in [2.05, 4.69) is 26.2 Å². The van der Waals surface area contributed by atoms with Crippen molar-refractivity contribution in [3.8, 4) is 5.88 Å². The average molecular weight is 340 g/mol. The molecule has 2 aromatic rings. The minimum Gasteiger partial charge on any atom is -0.473 e. The molecule has 20 heavy (non-hydrogen) atoms. The van der Waals surface area contributed by atoms with Crippen molar-refractivity contribution in [1.82, 2.24) is 4.98 Å². The number of anilines is 3. The number of hydrogen-bond donors (Lipinski definition) is 2. The van der Waals surface area contributed by atoms with Crippen molar-refractivity contribution < 1.29 is 9.13 Å². The Morgan fingerprint density at radius 1 is 1.30 bits per heavy atom. The van der Waals surface area contributed by atoms with Crippen molar-refractivity contribution in [3.05, 3.63) is 40.6 Å². The predicted molar refractivity (Wildman–Crippen MR) is 81.8 cm³/mol. The van der Waals surface area contributed by atoms with Crippen molar-refractivity contribution in [3.63, 3.8) is 0 Å². The third-order valence-corrected chi connectivity index (χ3v) is 2.92. The highest BCUT2D eigenvalue weighted by Crippen LogP contribution is 2.26. The van der Waals surface area contributed by atoms with Gasteiger partial charge in [-0.1, -0.05) is 15.9 Å². The molecule has 0 aliphatic rings.